The van der Waals surface area contributed by atoms with Crippen LogP contribution in [0.2, 0.25) is 0 Å². The van der Waals surface area contributed by atoms with Crippen LogP contribution in [0.4, 0.5) is 0 Å². The molecule has 2 unspecified atom stereocenters. The highest BCUT2D eigenvalue weighted by Gasteiger charge is 2.16. The summed E-state index contributed by atoms with van der Waals surface area (Å²) in [6.07, 6.45) is 5.52. The third kappa shape index (κ3) is 10.4. The molecule has 1 aromatic rings. The van der Waals surface area contributed by atoms with E-state index in [1.165, 1.54) is 0 Å². The second-order valence-corrected chi connectivity index (χ2v) is 7.56. The van der Waals surface area contributed by atoms with Crippen molar-refractivity contribution in [2.45, 2.75) is 39.5 Å². The van der Waals surface area contributed by atoms with Gasteiger partial charge in [-0.1, -0.05) is 13.8 Å². The molecular formula is C20H36IN3O3. The Balaban J connectivity index is 0.00000364. The Morgan fingerprint density at radius 2 is 2.22 bits per heavy atom. The SMILES string of the molecule is CC(C)CC(CCO)CN=C(NCCc1ccco1)NCC1CCOC1.I. The summed E-state index contributed by atoms with van der Waals surface area (Å²) in [5.74, 6) is 3.39. The number of halogens is 1. The van der Waals surface area contributed by atoms with Crippen molar-refractivity contribution in [2.75, 3.05) is 39.5 Å². The smallest absolute Gasteiger partial charge is 0.191 e. The van der Waals surface area contributed by atoms with E-state index in [4.69, 9.17) is 14.1 Å². The Morgan fingerprint density at radius 1 is 1.37 bits per heavy atom. The van der Waals surface area contributed by atoms with Crippen molar-refractivity contribution in [1.82, 2.24) is 10.6 Å². The molecule has 1 aliphatic rings. The molecule has 1 saturated heterocycles. The van der Waals surface area contributed by atoms with Gasteiger partial charge >= 0.3 is 0 Å². The fourth-order valence-corrected chi connectivity index (χ4v) is 3.27. The van der Waals surface area contributed by atoms with Crippen molar-refractivity contribution in [3.8, 4) is 0 Å². The average molecular weight is 493 g/mol. The minimum atomic E-state index is 0. The lowest BCUT2D eigenvalue weighted by Gasteiger charge is -2.18. The Kier molecular flexibility index (Phi) is 12.8. The van der Waals surface area contributed by atoms with Gasteiger partial charge in [0.05, 0.1) is 12.9 Å². The Labute approximate surface area is 180 Å². The first kappa shape index (κ1) is 24.2. The number of aliphatic hydroxyl groups excluding tert-OH is 1. The third-order valence-electron chi connectivity index (χ3n) is 4.68. The summed E-state index contributed by atoms with van der Waals surface area (Å²) < 4.78 is 10.8. The first-order valence-electron chi connectivity index (χ1n) is 9.90. The second-order valence-electron chi connectivity index (χ2n) is 7.56. The van der Waals surface area contributed by atoms with Crippen LogP contribution in [0.1, 0.15) is 38.9 Å². The number of hydrogen-bond acceptors (Lipinski definition) is 4. The molecule has 2 atom stereocenters. The van der Waals surface area contributed by atoms with Gasteiger partial charge in [0.1, 0.15) is 5.76 Å². The molecular weight excluding hydrogens is 457 g/mol. The van der Waals surface area contributed by atoms with Crippen molar-refractivity contribution < 1.29 is 14.3 Å². The largest absolute Gasteiger partial charge is 0.469 e. The van der Waals surface area contributed by atoms with Crippen LogP contribution in [0, 0.1) is 17.8 Å². The van der Waals surface area contributed by atoms with Crippen LogP contribution in [-0.4, -0.2) is 50.5 Å². The minimum absolute atomic E-state index is 0. The molecule has 7 heteroatoms. The molecule has 3 N–H and O–H groups in total. The fourth-order valence-electron chi connectivity index (χ4n) is 3.27. The van der Waals surface area contributed by atoms with Gasteiger partial charge in [-0.3, -0.25) is 4.99 Å². The maximum Gasteiger partial charge on any atom is 0.191 e. The number of furan rings is 1. The summed E-state index contributed by atoms with van der Waals surface area (Å²) in [4.78, 5) is 4.79. The molecule has 6 nitrogen and oxygen atoms in total. The molecule has 0 amide bonds. The first-order valence-corrected chi connectivity index (χ1v) is 9.90. The van der Waals surface area contributed by atoms with Gasteiger partial charge in [0, 0.05) is 45.2 Å². The van der Waals surface area contributed by atoms with Gasteiger partial charge in [0.25, 0.3) is 0 Å². The van der Waals surface area contributed by atoms with Crippen LogP contribution < -0.4 is 10.6 Å². The highest BCUT2D eigenvalue weighted by molar-refractivity contribution is 14.0. The first-order chi connectivity index (χ1) is 12.7. The molecule has 0 radical (unpaired) electrons. The zero-order valence-corrected chi connectivity index (χ0v) is 19.0. The zero-order valence-electron chi connectivity index (χ0n) is 16.7. The number of rotatable bonds is 11. The predicted molar refractivity (Wildman–Crippen MR) is 120 cm³/mol. The van der Waals surface area contributed by atoms with Gasteiger partial charge in [-0.25, -0.2) is 0 Å². The number of ether oxygens (including phenoxy) is 1. The molecule has 2 heterocycles. The van der Waals surface area contributed by atoms with Gasteiger partial charge in [-0.05, 0) is 43.2 Å². The van der Waals surface area contributed by atoms with Gasteiger partial charge in [0.15, 0.2) is 5.96 Å². The van der Waals surface area contributed by atoms with E-state index in [0.29, 0.717) is 17.8 Å². The molecule has 1 fully saturated rings. The third-order valence-corrected chi connectivity index (χ3v) is 4.68. The molecule has 1 aliphatic heterocycles. The van der Waals surface area contributed by atoms with Crippen LogP contribution in [-0.2, 0) is 11.2 Å². The molecule has 156 valence electrons. The Bertz CT molecular complexity index is 503. The number of nitrogens with one attached hydrogen (secondary N) is 2. The summed E-state index contributed by atoms with van der Waals surface area (Å²) in [6, 6.07) is 3.90. The molecule has 27 heavy (non-hydrogen) atoms. The highest BCUT2D eigenvalue weighted by atomic mass is 127. The summed E-state index contributed by atoms with van der Waals surface area (Å²) >= 11 is 0. The van der Waals surface area contributed by atoms with Crippen molar-refractivity contribution >= 4 is 29.9 Å². The minimum Gasteiger partial charge on any atom is -0.469 e. The fraction of sp³-hybridized carbons (Fsp3) is 0.750. The van der Waals surface area contributed by atoms with Gasteiger partial charge in [-0.15, -0.1) is 24.0 Å². The van der Waals surface area contributed by atoms with E-state index < -0.39 is 0 Å². The van der Waals surface area contributed by atoms with Gasteiger partial charge < -0.3 is 24.9 Å². The van der Waals surface area contributed by atoms with Crippen LogP contribution in [0.3, 0.4) is 0 Å². The maximum atomic E-state index is 9.30. The predicted octanol–water partition coefficient (Wildman–Crippen LogP) is 3.06. The number of aliphatic hydroxyl groups is 1. The Morgan fingerprint density at radius 3 is 2.85 bits per heavy atom. The Hall–Kier alpha value is -0.800. The number of nitrogens with zero attached hydrogens (tertiary/aromatic N) is 1. The lowest BCUT2D eigenvalue weighted by atomic mass is 9.94. The molecule has 0 saturated carbocycles. The lowest BCUT2D eigenvalue weighted by molar-refractivity contribution is 0.186. The maximum absolute atomic E-state index is 9.30. The van der Waals surface area contributed by atoms with E-state index in [0.717, 1.165) is 70.3 Å². The molecule has 0 aromatic carbocycles. The van der Waals surface area contributed by atoms with Crippen molar-refractivity contribution in [1.29, 1.82) is 0 Å². The molecule has 0 aliphatic carbocycles. The standard InChI is InChI=1S/C20H35N3O3.HI/c1-16(2)12-17(6-9-24)13-22-20(23-14-18-7-11-25-15-18)21-8-5-19-4-3-10-26-19;/h3-4,10,16-18,24H,5-9,11-15H2,1-2H3,(H2,21,22,23);1H. The molecule has 1 aromatic heterocycles. The van der Waals surface area contributed by atoms with E-state index in [2.05, 4.69) is 24.5 Å². The summed E-state index contributed by atoms with van der Waals surface area (Å²) in [5, 5.41) is 16.2. The molecule has 0 spiro atoms. The zero-order chi connectivity index (χ0) is 18.6. The van der Waals surface area contributed by atoms with Gasteiger partial charge in [0.2, 0.25) is 0 Å². The number of guanidine groups is 1. The normalized spacial score (nSPS) is 18.4. The summed E-state index contributed by atoms with van der Waals surface area (Å²) in [5.41, 5.74) is 0. The topological polar surface area (TPSA) is 79.0 Å². The lowest BCUT2D eigenvalue weighted by Crippen LogP contribution is -2.41. The van der Waals surface area contributed by atoms with Gasteiger partial charge in [-0.2, -0.15) is 0 Å². The summed E-state index contributed by atoms with van der Waals surface area (Å²) in [6.45, 7) is 8.72. The second kappa shape index (κ2) is 14.2. The van der Waals surface area contributed by atoms with Crippen molar-refractivity contribution in [3.63, 3.8) is 0 Å². The van der Waals surface area contributed by atoms with E-state index in [-0.39, 0.29) is 30.6 Å². The number of hydrogen-bond donors (Lipinski definition) is 3. The van der Waals surface area contributed by atoms with Crippen LogP contribution in [0.25, 0.3) is 0 Å². The average Bonchev–Trinajstić information content (AvgIpc) is 3.30. The van der Waals surface area contributed by atoms with E-state index in [9.17, 15) is 5.11 Å². The molecule has 2 rings (SSSR count). The highest BCUT2D eigenvalue weighted by Crippen LogP contribution is 2.15. The number of aliphatic imine (C=N–C) groups is 1. The van der Waals surface area contributed by atoms with Crippen LogP contribution in [0.15, 0.2) is 27.8 Å². The van der Waals surface area contributed by atoms with Crippen molar-refractivity contribution in [2.24, 2.45) is 22.7 Å². The van der Waals surface area contributed by atoms with Crippen LogP contribution >= 0.6 is 24.0 Å². The van der Waals surface area contributed by atoms with Crippen molar-refractivity contribution in [3.05, 3.63) is 24.2 Å². The van der Waals surface area contributed by atoms with E-state index in [1.807, 2.05) is 12.1 Å². The molecule has 0 bridgehead atoms. The van der Waals surface area contributed by atoms with E-state index in [1.54, 1.807) is 6.26 Å². The van der Waals surface area contributed by atoms with E-state index >= 15 is 0 Å². The van der Waals surface area contributed by atoms with Crippen LogP contribution in [0.5, 0.6) is 0 Å². The summed E-state index contributed by atoms with van der Waals surface area (Å²) in [7, 11) is 0. The quantitative estimate of drug-likeness (QED) is 0.251. The monoisotopic (exact) mass is 493 g/mol.